The molecule has 3 N–H and O–H groups in total. The van der Waals surface area contributed by atoms with Gasteiger partial charge in [-0.1, -0.05) is 6.07 Å². The van der Waals surface area contributed by atoms with Crippen LogP contribution in [0.4, 0.5) is 5.95 Å². The Labute approximate surface area is 144 Å². The van der Waals surface area contributed by atoms with Crippen molar-refractivity contribution in [2.75, 3.05) is 5.32 Å². The third kappa shape index (κ3) is 4.81. The monoisotopic (exact) mass is 364 g/mol. The van der Waals surface area contributed by atoms with Gasteiger partial charge in [-0.2, -0.15) is 0 Å². The molecule has 10 heteroatoms. The van der Waals surface area contributed by atoms with Crippen LogP contribution in [0.15, 0.2) is 41.6 Å². The number of esters is 1. The average molecular weight is 364 g/mol. The zero-order valence-electron chi connectivity index (χ0n) is 13.5. The van der Waals surface area contributed by atoms with Crippen LogP contribution in [0.3, 0.4) is 0 Å². The van der Waals surface area contributed by atoms with Gasteiger partial charge in [0.05, 0.1) is 10.5 Å². The number of carbonyl (C=O) groups is 2. The number of amides is 1. The molecule has 1 aromatic heterocycles. The number of aromatic nitrogens is 2. The van der Waals surface area contributed by atoms with E-state index in [0.29, 0.717) is 5.56 Å². The number of hydrogen-bond acceptors (Lipinski definition) is 7. The molecule has 2 rings (SSSR count). The second-order valence-corrected chi connectivity index (χ2v) is 6.69. The molecule has 1 unspecified atom stereocenters. The maximum absolute atomic E-state index is 12.2. The molecule has 1 heterocycles. The summed E-state index contributed by atoms with van der Waals surface area (Å²) in [4.78, 5) is 31.7. The molecule has 0 aliphatic rings. The minimum atomic E-state index is -3.96. The number of nitrogens with zero attached hydrogens (tertiary/aromatic N) is 2. The molecule has 0 saturated carbocycles. The van der Waals surface area contributed by atoms with Crippen LogP contribution in [0, 0.1) is 6.92 Å². The molecule has 1 atom stereocenters. The van der Waals surface area contributed by atoms with E-state index in [4.69, 9.17) is 9.88 Å². The van der Waals surface area contributed by atoms with Crippen LogP contribution in [0.1, 0.15) is 22.8 Å². The summed E-state index contributed by atoms with van der Waals surface area (Å²) in [7, 11) is -3.96. The smallest absolute Gasteiger partial charge is 0.339 e. The zero-order valence-corrected chi connectivity index (χ0v) is 14.3. The second-order valence-electron chi connectivity index (χ2n) is 5.13. The summed E-state index contributed by atoms with van der Waals surface area (Å²) in [6.07, 6.45) is 1.75. The first-order chi connectivity index (χ1) is 11.7. The Bertz CT molecular complexity index is 899. The first-order valence-electron chi connectivity index (χ1n) is 7.11. The largest absolute Gasteiger partial charge is 0.449 e. The highest BCUT2D eigenvalue weighted by Gasteiger charge is 2.22. The molecule has 0 aliphatic heterocycles. The van der Waals surface area contributed by atoms with Crippen molar-refractivity contribution in [1.82, 2.24) is 9.97 Å². The highest BCUT2D eigenvalue weighted by atomic mass is 32.2. The number of rotatable bonds is 5. The molecule has 25 heavy (non-hydrogen) atoms. The normalized spacial score (nSPS) is 12.3. The summed E-state index contributed by atoms with van der Waals surface area (Å²) in [6.45, 7) is 2.97. The van der Waals surface area contributed by atoms with E-state index in [1.54, 1.807) is 13.0 Å². The van der Waals surface area contributed by atoms with E-state index in [0.717, 1.165) is 6.07 Å². The number of nitrogens with two attached hydrogens (primary N) is 1. The molecule has 1 aromatic carbocycles. The summed E-state index contributed by atoms with van der Waals surface area (Å²) < 4.78 is 27.9. The van der Waals surface area contributed by atoms with Gasteiger partial charge in [-0.3, -0.25) is 10.1 Å². The van der Waals surface area contributed by atoms with Gasteiger partial charge in [-0.25, -0.2) is 28.3 Å². The summed E-state index contributed by atoms with van der Waals surface area (Å²) in [6, 6.07) is 5.40. The fourth-order valence-electron chi connectivity index (χ4n) is 1.85. The number of carbonyl (C=O) groups excluding carboxylic acids is 2. The van der Waals surface area contributed by atoms with Crippen molar-refractivity contribution >= 4 is 27.8 Å². The van der Waals surface area contributed by atoms with Crippen molar-refractivity contribution in [3.05, 3.63) is 47.8 Å². The van der Waals surface area contributed by atoms with Crippen LogP contribution in [0.2, 0.25) is 0 Å². The summed E-state index contributed by atoms with van der Waals surface area (Å²) in [5.41, 5.74) is 0.485. The van der Waals surface area contributed by atoms with E-state index in [9.17, 15) is 18.0 Å². The number of ether oxygens (including phenoxy) is 1. The highest BCUT2D eigenvalue weighted by Crippen LogP contribution is 2.16. The first-order valence-corrected chi connectivity index (χ1v) is 8.65. The zero-order chi connectivity index (χ0) is 18.6. The van der Waals surface area contributed by atoms with Gasteiger partial charge in [0.15, 0.2) is 6.10 Å². The molecule has 0 fully saturated rings. The van der Waals surface area contributed by atoms with Crippen LogP contribution < -0.4 is 10.5 Å². The van der Waals surface area contributed by atoms with Gasteiger partial charge in [-0.05, 0) is 37.6 Å². The Hall–Kier alpha value is -2.85. The summed E-state index contributed by atoms with van der Waals surface area (Å²) in [5, 5.41) is 7.45. The van der Waals surface area contributed by atoms with Gasteiger partial charge < -0.3 is 4.74 Å². The maximum atomic E-state index is 12.2. The lowest BCUT2D eigenvalue weighted by Gasteiger charge is -2.14. The van der Waals surface area contributed by atoms with E-state index in [2.05, 4.69) is 15.3 Å². The van der Waals surface area contributed by atoms with Crippen molar-refractivity contribution in [1.29, 1.82) is 0 Å². The fraction of sp³-hybridized carbons (Fsp3) is 0.200. The maximum Gasteiger partial charge on any atom is 0.339 e. The minimum absolute atomic E-state index is 0.00198. The number of primary sulfonamides is 1. The SMILES string of the molecule is Cc1ccc(S(N)(=O)=O)cc1C(=O)OC(C)C(=O)Nc1ncccn1. The Morgan fingerprint density at radius 1 is 1.24 bits per heavy atom. The van der Waals surface area contributed by atoms with Gasteiger partial charge >= 0.3 is 5.97 Å². The standard InChI is InChI=1S/C15H16N4O5S/c1-9-4-5-11(25(16,22)23)8-12(9)14(21)24-10(2)13(20)19-15-17-6-3-7-18-15/h3-8,10H,1-2H3,(H2,16,22,23)(H,17,18,19,20). The predicted octanol–water partition coefficient (Wildman–Crippen LogP) is 0.616. The van der Waals surface area contributed by atoms with Crippen LogP contribution in [-0.4, -0.2) is 36.4 Å². The number of hydrogen-bond donors (Lipinski definition) is 2. The average Bonchev–Trinajstić information content (AvgIpc) is 2.54. The van der Waals surface area contributed by atoms with Gasteiger partial charge in [0.1, 0.15) is 0 Å². The number of anilines is 1. The van der Waals surface area contributed by atoms with E-state index >= 15 is 0 Å². The fourth-order valence-corrected chi connectivity index (χ4v) is 2.39. The molecule has 1 amide bonds. The molecule has 0 saturated heterocycles. The molecule has 0 spiro atoms. The Kier molecular flexibility index (Phi) is 5.45. The van der Waals surface area contributed by atoms with Crippen LogP contribution in [-0.2, 0) is 19.6 Å². The second kappa shape index (κ2) is 7.36. The minimum Gasteiger partial charge on any atom is -0.449 e. The Morgan fingerprint density at radius 3 is 2.48 bits per heavy atom. The topological polar surface area (TPSA) is 141 Å². The van der Waals surface area contributed by atoms with Crippen molar-refractivity contribution in [3.63, 3.8) is 0 Å². The number of benzene rings is 1. The Morgan fingerprint density at radius 2 is 1.88 bits per heavy atom. The van der Waals surface area contributed by atoms with Crippen molar-refractivity contribution in [3.8, 4) is 0 Å². The van der Waals surface area contributed by atoms with Gasteiger partial charge in [-0.15, -0.1) is 0 Å². The molecule has 2 aromatic rings. The highest BCUT2D eigenvalue weighted by molar-refractivity contribution is 7.89. The number of nitrogens with one attached hydrogen (secondary N) is 1. The summed E-state index contributed by atoms with van der Waals surface area (Å²) >= 11 is 0. The molecular formula is C15H16N4O5S. The number of sulfonamides is 1. The first kappa shape index (κ1) is 18.5. The predicted molar refractivity (Wildman–Crippen MR) is 88.1 cm³/mol. The molecule has 132 valence electrons. The summed E-state index contributed by atoms with van der Waals surface area (Å²) in [5.74, 6) is -1.40. The lowest BCUT2D eigenvalue weighted by Crippen LogP contribution is -2.30. The molecular weight excluding hydrogens is 348 g/mol. The molecule has 0 bridgehead atoms. The number of aryl methyl sites for hydroxylation is 1. The third-order valence-electron chi connectivity index (χ3n) is 3.21. The van der Waals surface area contributed by atoms with Crippen molar-refractivity contribution in [2.45, 2.75) is 24.8 Å². The van der Waals surface area contributed by atoms with Gasteiger partial charge in [0.25, 0.3) is 5.91 Å². The van der Waals surface area contributed by atoms with Crippen LogP contribution in [0.5, 0.6) is 0 Å². The van der Waals surface area contributed by atoms with Crippen molar-refractivity contribution in [2.24, 2.45) is 5.14 Å². The quantitative estimate of drug-likeness (QED) is 0.741. The van der Waals surface area contributed by atoms with Gasteiger partial charge in [0, 0.05) is 12.4 Å². The lowest BCUT2D eigenvalue weighted by atomic mass is 10.1. The van der Waals surface area contributed by atoms with Crippen molar-refractivity contribution < 1.29 is 22.7 Å². The third-order valence-corrected chi connectivity index (χ3v) is 4.12. The molecule has 9 nitrogen and oxygen atoms in total. The van der Waals surface area contributed by atoms with E-state index in [-0.39, 0.29) is 16.4 Å². The van der Waals surface area contributed by atoms with Crippen LogP contribution in [0.25, 0.3) is 0 Å². The van der Waals surface area contributed by atoms with E-state index in [1.807, 2.05) is 0 Å². The van der Waals surface area contributed by atoms with E-state index < -0.39 is 28.0 Å². The van der Waals surface area contributed by atoms with Crippen LogP contribution >= 0.6 is 0 Å². The Balaban J connectivity index is 2.12. The molecule has 0 aliphatic carbocycles. The van der Waals surface area contributed by atoms with E-state index in [1.165, 1.54) is 31.5 Å². The lowest BCUT2D eigenvalue weighted by molar-refractivity contribution is -0.123. The van der Waals surface area contributed by atoms with Gasteiger partial charge in [0.2, 0.25) is 16.0 Å². The molecule has 0 radical (unpaired) electrons.